The van der Waals surface area contributed by atoms with E-state index < -0.39 is 0 Å². The van der Waals surface area contributed by atoms with E-state index in [0.29, 0.717) is 16.5 Å². The third-order valence-corrected chi connectivity index (χ3v) is 7.50. The number of carbonyl (C=O) groups is 1. The molecule has 0 amide bonds. The number of ether oxygens (including phenoxy) is 1. The molecule has 0 radical (unpaired) electrons. The van der Waals surface area contributed by atoms with Gasteiger partial charge in [0.1, 0.15) is 16.9 Å². The van der Waals surface area contributed by atoms with Crippen LogP contribution < -0.4 is 4.74 Å². The summed E-state index contributed by atoms with van der Waals surface area (Å²) in [4.78, 5) is 19.7. The second kappa shape index (κ2) is 7.42. The van der Waals surface area contributed by atoms with E-state index in [-0.39, 0.29) is 11.5 Å². The van der Waals surface area contributed by atoms with Crippen LogP contribution in [0, 0.1) is 5.92 Å². The number of fused-ring (bicyclic) bond motifs is 5. The summed E-state index contributed by atoms with van der Waals surface area (Å²) in [6, 6.07) is 7.21. The maximum atomic E-state index is 12.6. The molecular formula is C21H20N4O2S2. The smallest absolute Gasteiger partial charge is 0.197 e. The average molecular weight is 425 g/mol. The van der Waals surface area contributed by atoms with Crippen molar-refractivity contribution in [3.05, 3.63) is 46.6 Å². The monoisotopic (exact) mass is 424 g/mol. The molecule has 0 saturated carbocycles. The molecule has 8 heteroatoms. The lowest BCUT2D eigenvalue weighted by Gasteiger charge is -2.17. The van der Waals surface area contributed by atoms with Gasteiger partial charge < -0.3 is 4.74 Å². The largest absolute Gasteiger partial charge is 0.497 e. The second-order valence-electron chi connectivity index (χ2n) is 7.40. The molecular weight excluding hydrogens is 404 g/mol. The van der Waals surface area contributed by atoms with Gasteiger partial charge >= 0.3 is 0 Å². The third-order valence-electron chi connectivity index (χ3n) is 5.40. The number of hydrogen-bond donors (Lipinski definition) is 0. The number of aromatic nitrogens is 4. The van der Waals surface area contributed by atoms with Gasteiger partial charge in [0.05, 0.1) is 18.2 Å². The van der Waals surface area contributed by atoms with E-state index >= 15 is 0 Å². The lowest BCUT2D eigenvalue weighted by atomic mass is 9.89. The Labute approximate surface area is 176 Å². The second-order valence-corrected chi connectivity index (χ2v) is 9.42. The molecule has 0 saturated heterocycles. The molecule has 0 unspecified atom stereocenters. The normalized spacial score (nSPS) is 16.3. The fourth-order valence-electron chi connectivity index (χ4n) is 3.83. The summed E-state index contributed by atoms with van der Waals surface area (Å²) >= 11 is 3.17. The van der Waals surface area contributed by atoms with Gasteiger partial charge in [-0.25, -0.2) is 4.98 Å². The van der Waals surface area contributed by atoms with Crippen molar-refractivity contribution in [1.82, 2.24) is 19.6 Å². The number of Topliss-reactive ketones (excluding diaryl/α,β-unsaturated/α-hetero) is 1. The number of carbonyl (C=O) groups excluding carboxylic acids is 1. The fourth-order valence-corrected chi connectivity index (χ4v) is 5.97. The van der Waals surface area contributed by atoms with Gasteiger partial charge in [-0.15, -0.1) is 21.5 Å². The lowest BCUT2D eigenvalue weighted by molar-refractivity contribution is 0.102. The number of benzene rings is 1. The zero-order valence-electron chi connectivity index (χ0n) is 16.2. The van der Waals surface area contributed by atoms with Crippen LogP contribution in [-0.4, -0.2) is 38.2 Å². The van der Waals surface area contributed by atoms with Gasteiger partial charge in [-0.3, -0.25) is 9.20 Å². The molecule has 3 heterocycles. The predicted molar refractivity (Wildman–Crippen MR) is 115 cm³/mol. The summed E-state index contributed by atoms with van der Waals surface area (Å²) < 4.78 is 7.12. The molecule has 0 aliphatic heterocycles. The van der Waals surface area contributed by atoms with Crippen LogP contribution in [0.2, 0.25) is 0 Å². The summed E-state index contributed by atoms with van der Waals surface area (Å²) in [7, 11) is 1.60. The molecule has 29 heavy (non-hydrogen) atoms. The van der Waals surface area contributed by atoms with Crippen molar-refractivity contribution in [2.24, 2.45) is 5.92 Å². The van der Waals surface area contributed by atoms with Crippen LogP contribution >= 0.6 is 23.1 Å². The summed E-state index contributed by atoms with van der Waals surface area (Å²) in [6.07, 6.45) is 5.17. The molecule has 0 bridgehead atoms. The molecule has 0 N–H and O–H groups in total. The highest BCUT2D eigenvalue weighted by Crippen LogP contribution is 2.39. The first-order valence-electron chi connectivity index (χ1n) is 9.58. The Bertz CT molecular complexity index is 1230. The van der Waals surface area contributed by atoms with Crippen molar-refractivity contribution in [2.45, 2.75) is 31.3 Å². The van der Waals surface area contributed by atoms with Crippen LogP contribution in [0.4, 0.5) is 0 Å². The van der Waals surface area contributed by atoms with Crippen LogP contribution in [0.25, 0.3) is 15.9 Å². The van der Waals surface area contributed by atoms with Gasteiger partial charge in [-0.2, -0.15) is 0 Å². The van der Waals surface area contributed by atoms with Gasteiger partial charge in [0, 0.05) is 10.4 Å². The van der Waals surface area contributed by atoms with Crippen molar-refractivity contribution >= 4 is 44.7 Å². The summed E-state index contributed by atoms with van der Waals surface area (Å²) in [5.74, 6) is 1.71. The van der Waals surface area contributed by atoms with E-state index in [9.17, 15) is 4.79 Å². The van der Waals surface area contributed by atoms with Crippen molar-refractivity contribution in [2.75, 3.05) is 12.9 Å². The van der Waals surface area contributed by atoms with Crippen LogP contribution in [0.15, 0.2) is 35.7 Å². The third kappa shape index (κ3) is 3.30. The SMILES string of the molecule is COc1cccc(C(=O)CSc2nnc3c4c5c(sc4ncn23)C[C@@H](C)CC5)c1. The highest BCUT2D eigenvalue weighted by Gasteiger charge is 2.24. The Morgan fingerprint density at radius 3 is 3.14 bits per heavy atom. The standard InChI is InChI=1S/C21H20N4O2S2/c1-12-6-7-15-17(8-12)29-20-18(15)19-23-24-21(25(19)11-22-20)28-10-16(26)13-4-3-5-14(9-13)27-2/h3-5,9,11-12H,6-8,10H2,1-2H3/t12-/m0/s1. The molecule has 0 fully saturated rings. The van der Waals surface area contributed by atoms with Gasteiger partial charge in [0.25, 0.3) is 0 Å². The van der Waals surface area contributed by atoms with Crippen LogP contribution in [0.3, 0.4) is 0 Å². The Hall–Kier alpha value is -2.45. The highest BCUT2D eigenvalue weighted by atomic mass is 32.2. The first kappa shape index (κ1) is 18.6. The number of hydrogen-bond acceptors (Lipinski definition) is 7. The van der Waals surface area contributed by atoms with Crippen molar-refractivity contribution < 1.29 is 9.53 Å². The summed E-state index contributed by atoms with van der Waals surface area (Å²) in [5.41, 5.74) is 2.86. The molecule has 148 valence electrons. The van der Waals surface area contributed by atoms with E-state index in [1.54, 1.807) is 36.9 Å². The molecule has 6 nitrogen and oxygen atoms in total. The van der Waals surface area contributed by atoms with E-state index in [1.807, 2.05) is 16.5 Å². The molecule has 1 aliphatic carbocycles. The zero-order chi connectivity index (χ0) is 20.0. The van der Waals surface area contributed by atoms with Crippen molar-refractivity contribution in [3.8, 4) is 5.75 Å². The highest BCUT2D eigenvalue weighted by molar-refractivity contribution is 7.99. The number of rotatable bonds is 5. The Morgan fingerprint density at radius 2 is 2.28 bits per heavy atom. The van der Waals surface area contributed by atoms with Crippen LogP contribution in [0.5, 0.6) is 5.75 Å². The Balaban J connectivity index is 1.44. The number of aryl methyl sites for hydroxylation is 1. The molecule has 0 spiro atoms. The quantitative estimate of drug-likeness (QED) is 0.348. The number of methoxy groups -OCH3 is 1. The minimum Gasteiger partial charge on any atom is -0.497 e. The Morgan fingerprint density at radius 1 is 1.38 bits per heavy atom. The topological polar surface area (TPSA) is 69.4 Å². The van der Waals surface area contributed by atoms with Crippen molar-refractivity contribution in [1.29, 1.82) is 0 Å². The first-order chi connectivity index (χ1) is 14.1. The molecule has 1 aliphatic rings. The van der Waals surface area contributed by atoms with E-state index in [0.717, 1.165) is 34.6 Å². The fraction of sp³-hybridized carbons (Fsp3) is 0.333. The molecule has 3 aromatic heterocycles. The van der Waals surface area contributed by atoms with E-state index in [4.69, 9.17) is 4.74 Å². The maximum Gasteiger partial charge on any atom is 0.197 e. The first-order valence-corrected chi connectivity index (χ1v) is 11.4. The summed E-state index contributed by atoms with van der Waals surface area (Å²) in [5, 5.41) is 10.6. The number of thioether (sulfide) groups is 1. The zero-order valence-corrected chi connectivity index (χ0v) is 17.8. The average Bonchev–Trinajstić information content (AvgIpc) is 3.32. The maximum absolute atomic E-state index is 12.6. The number of ketones is 1. The van der Waals surface area contributed by atoms with Gasteiger partial charge in [-0.1, -0.05) is 30.8 Å². The van der Waals surface area contributed by atoms with Crippen LogP contribution in [0.1, 0.15) is 34.1 Å². The van der Waals surface area contributed by atoms with Gasteiger partial charge in [0.15, 0.2) is 16.6 Å². The van der Waals surface area contributed by atoms with E-state index in [2.05, 4.69) is 22.1 Å². The van der Waals surface area contributed by atoms with Crippen LogP contribution in [-0.2, 0) is 12.8 Å². The minimum absolute atomic E-state index is 0.0292. The molecule has 4 aromatic rings. The van der Waals surface area contributed by atoms with Gasteiger partial charge in [0.2, 0.25) is 0 Å². The number of nitrogens with zero attached hydrogens (tertiary/aromatic N) is 4. The predicted octanol–water partition coefficient (Wildman–Crippen LogP) is 4.45. The summed E-state index contributed by atoms with van der Waals surface area (Å²) in [6.45, 7) is 2.31. The lowest BCUT2D eigenvalue weighted by Crippen LogP contribution is -2.08. The number of thiophene rings is 1. The Kier molecular flexibility index (Phi) is 4.75. The molecule has 5 rings (SSSR count). The van der Waals surface area contributed by atoms with Crippen molar-refractivity contribution in [3.63, 3.8) is 0 Å². The van der Waals surface area contributed by atoms with E-state index in [1.165, 1.54) is 28.6 Å². The molecule has 1 atom stereocenters. The van der Waals surface area contributed by atoms with Gasteiger partial charge in [-0.05, 0) is 42.9 Å². The minimum atomic E-state index is 0.0292. The molecule has 1 aromatic carbocycles.